The van der Waals surface area contributed by atoms with Gasteiger partial charge in [0.05, 0.1) is 5.69 Å². The Hall–Kier alpha value is -5.16. The van der Waals surface area contributed by atoms with Gasteiger partial charge in [-0.25, -0.2) is 0 Å². The Bertz CT molecular complexity index is 2120. The molecule has 0 spiro atoms. The quantitative estimate of drug-likeness (QED) is 0.232. The molecular weight excluding hydrogens is 481 g/mol. The van der Waals surface area contributed by atoms with Crippen molar-refractivity contribution in [3.05, 3.63) is 121 Å². The summed E-state index contributed by atoms with van der Waals surface area (Å²) in [6, 6.07) is 41.7. The van der Waals surface area contributed by atoms with Gasteiger partial charge in [0, 0.05) is 32.5 Å². The summed E-state index contributed by atoms with van der Waals surface area (Å²) in [6.45, 7) is -0.111. The molecule has 0 radical (unpaired) electrons. The smallest absolute Gasteiger partial charge is 0.257 e. The van der Waals surface area contributed by atoms with Crippen LogP contribution in [0.2, 0.25) is 0 Å². The maximum Gasteiger partial charge on any atom is 0.257 e. The predicted molar refractivity (Wildman–Crippen MR) is 159 cm³/mol. The van der Waals surface area contributed by atoms with Gasteiger partial charge in [-0.15, -0.1) is 0 Å². The van der Waals surface area contributed by atoms with Gasteiger partial charge in [-0.3, -0.25) is 4.90 Å². The fourth-order valence-electron chi connectivity index (χ4n) is 6.30. The van der Waals surface area contributed by atoms with E-state index in [1.807, 2.05) is 54.6 Å². The molecule has 4 heterocycles. The van der Waals surface area contributed by atoms with E-state index in [-0.39, 0.29) is 6.71 Å². The maximum atomic E-state index is 6.64. The van der Waals surface area contributed by atoms with E-state index in [9.17, 15) is 0 Å². The van der Waals surface area contributed by atoms with Gasteiger partial charge in [0.1, 0.15) is 22.3 Å². The van der Waals surface area contributed by atoms with Crippen LogP contribution < -0.4 is 21.3 Å². The number of anilines is 3. The molecule has 0 saturated heterocycles. The lowest BCUT2D eigenvalue weighted by molar-refractivity contribution is 0.585. The average Bonchev–Trinajstić information content (AvgIpc) is 3.67. The van der Waals surface area contributed by atoms with Gasteiger partial charge < -0.3 is 13.3 Å². The molecule has 8 aromatic rings. The highest BCUT2D eigenvalue weighted by Gasteiger charge is 2.43. The van der Waals surface area contributed by atoms with Crippen LogP contribution in [0.25, 0.3) is 43.9 Å². The molecule has 9 rings (SSSR count). The summed E-state index contributed by atoms with van der Waals surface area (Å²) in [6.07, 6.45) is 0. The van der Waals surface area contributed by atoms with Crippen LogP contribution in [0.1, 0.15) is 0 Å². The van der Waals surface area contributed by atoms with Crippen molar-refractivity contribution in [2.24, 2.45) is 0 Å². The van der Waals surface area contributed by atoms with Crippen molar-refractivity contribution in [2.45, 2.75) is 0 Å². The molecule has 182 valence electrons. The summed E-state index contributed by atoms with van der Waals surface area (Å²) < 4.78 is 19.6. The fraction of sp³-hybridized carbons (Fsp3) is 0. The van der Waals surface area contributed by atoms with E-state index in [1.165, 1.54) is 0 Å². The molecular formula is C34H20BNO3. The molecule has 5 aromatic carbocycles. The topological polar surface area (TPSA) is 42.7 Å². The van der Waals surface area contributed by atoms with Crippen molar-refractivity contribution in [1.82, 2.24) is 0 Å². The second-order valence-corrected chi connectivity index (χ2v) is 10.1. The second-order valence-electron chi connectivity index (χ2n) is 10.1. The lowest BCUT2D eigenvalue weighted by Crippen LogP contribution is -2.56. The summed E-state index contributed by atoms with van der Waals surface area (Å²) in [7, 11) is 0. The Morgan fingerprint density at radius 1 is 0.436 bits per heavy atom. The van der Waals surface area contributed by atoms with Crippen molar-refractivity contribution in [2.75, 3.05) is 4.90 Å². The molecule has 0 amide bonds. The minimum atomic E-state index is -0.111. The van der Waals surface area contributed by atoms with Gasteiger partial charge in [0.2, 0.25) is 11.8 Å². The summed E-state index contributed by atoms with van der Waals surface area (Å²) >= 11 is 0. The van der Waals surface area contributed by atoms with Gasteiger partial charge in [0.15, 0.2) is 0 Å². The average molecular weight is 501 g/mol. The first kappa shape index (κ1) is 20.9. The molecule has 0 atom stereocenters. The zero-order chi connectivity index (χ0) is 25.5. The summed E-state index contributed by atoms with van der Waals surface area (Å²) in [4.78, 5) is 2.13. The Morgan fingerprint density at radius 3 is 1.59 bits per heavy atom. The van der Waals surface area contributed by atoms with E-state index in [0.29, 0.717) is 0 Å². The third-order valence-electron chi connectivity index (χ3n) is 7.96. The van der Waals surface area contributed by atoms with E-state index in [0.717, 1.165) is 77.7 Å². The Balaban J connectivity index is 1.40. The van der Waals surface area contributed by atoms with Gasteiger partial charge in [-0.2, -0.15) is 0 Å². The fourth-order valence-corrected chi connectivity index (χ4v) is 6.30. The second kappa shape index (κ2) is 7.68. The van der Waals surface area contributed by atoms with Crippen molar-refractivity contribution in [3.63, 3.8) is 0 Å². The highest BCUT2D eigenvalue weighted by Crippen LogP contribution is 2.42. The Kier molecular flexibility index (Phi) is 4.11. The first-order valence-corrected chi connectivity index (χ1v) is 13.1. The SMILES string of the molecule is c1ccc(N2c3oc4ccccc4c3B(c3ccc4c(c3)oc3ccccc34)c3c2oc2ccccc32)cc1. The number of benzene rings is 5. The number of furan rings is 3. The van der Waals surface area contributed by atoms with E-state index in [2.05, 4.69) is 71.6 Å². The lowest BCUT2D eigenvalue weighted by Gasteiger charge is -2.30. The molecule has 0 unspecified atom stereocenters. The number of hydrogen-bond donors (Lipinski definition) is 0. The zero-order valence-electron chi connectivity index (χ0n) is 20.8. The van der Waals surface area contributed by atoms with E-state index >= 15 is 0 Å². The highest BCUT2D eigenvalue weighted by molar-refractivity contribution is 7.00. The molecule has 39 heavy (non-hydrogen) atoms. The van der Waals surface area contributed by atoms with Crippen LogP contribution >= 0.6 is 0 Å². The van der Waals surface area contributed by atoms with Crippen molar-refractivity contribution < 1.29 is 13.3 Å². The Labute approximate surface area is 223 Å². The van der Waals surface area contributed by atoms with Crippen molar-refractivity contribution >= 4 is 84.4 Å². The van der Waals surface area contributed by atoms with Crippen LogP contribution in [0.5, 0.6) is 0 Å². The number of hydrogen-bond acceptors (Lipinski definition) is 4. The normalized spacial score (nSPS) is 13.0. The van der Waals surface area contributed by atoms with Crippen LogP contribution in [0.15, 0.2) is 135 Å². The van der Waals surface area contributed by atoms with Crippen LogP contribution in [0.3, 0.4) is 0 Å². The van der Waals surface area contributed by atoms with Crippen LogP contribution in [-0.2, 0) is 0 Å². The minimum absolute atomic E-state index is 0.111. The Morgan fingerprint density at radius 2 is 0.949 bits per heavy atom. The first-order chi connectivity index (χ1) is 19.3. The van der Waals surface area contributed by atoms with E-state index in [4.69, 9.17) is 13.3 Å². The molecule has 0 bridgehead atoms. The monoisotopic (exact) mass is 501 g/mol. The van der Waals surface area contributed by atoms with Gasteiger partial charge in [-0.05, 0) is 36.4 Å². The lowest BCUT2D eigenvalue weighted by atomic mass is 9.35. The number of nitrogens with zero attached hydrogens (tertiary/aromatic N) is 1. The van der Waals surface area contributed by atoms with Crippen molar-refractivity contribution in [1.29, 1.82) is 0 Å². The molecule has 1 aliphatic heterocycles. The summed E-state index contributed by atoms with van der Waals surface area (Å²) in [5.74, 6) is 1.56. The van der Waals surface area contributed by atoms with Crippen molar-refractivity contribution in [3.8, 4) is 0 Å². The first-order valence-electron chi connectivity index (χ1n) is 13.1. The van der Waals surface area contributed by atoms with Gasteiger partial charge in [-0.1, -0.05) is 90.4 Å². The molecule has 0 saturated carbocycles. The molecule has 5 heteroatoms. The summed E-state index contributed by atoms with van der Waals surface area (Å²) in [5, 5.41) is 4.44. The largest absolute Gasteiger partial charge is 0.456 e. The zero-order valence-corrected chi connectivity index (χ0v) is 20.8. The molecule has 3 aromatic heterocycles. The van der Waals surface area contributed by atoms with Crippen LogP contribution in [-0.4, -0.2) is 6.71 Å². The maximum absolute atomic E-state index is 6.64. The number of fused-ring (bicyclic) bond motifs is 9. The number of para-hydroxylation sites is 4. The van der Waals surface area contributed by atoms with E-state index < -0.39 is 0 Å². The van der Waals surface area contributed by atoms with Crippen LogP contribution in [0, 0.1) is 0 Å². The minimum Gasteiger partial charge on any atom is -0.456 e. The molecule has 4 nitrogen and oxygen atoms in total. The van der Waals surface area contributed by atoms with Gasteiger partial charge in [0.25, 0.3) is 6.71 Å². The number of rotatable bonds is 2. The standard InChI is InChI=1S/C34H20BNO3/c1-2-10-22(11-3-1)36-33-31(25-13-5-8-16-28(25)38-33)35(32-26-14-6-9-17-29(26)39-34(32)36)21-18-19-24-23-12-4-7-15-27(23)37-30(24)20-21/h1-20H. The third kappa shape index (κ3) is 2.84. The van der Waals surface area contributed by atoms with Gasteiger partial charge >= 0.3 is 0 Å². The molecule has 0 fully saturated rings. The van der Waals surface area contributed by atoms with Crippen LogP contribution in [0.4, 0.5) is 17.5 Å². The van der Waals surface area contributed by atoms with E-state index in [1.54, 1.807) is 0 Å². The molecule has 1 aliphatic rings. The molecule has 0 aliphatic carbocycles. The highest BCUT2D eigenvalue weighted by atomic mass is 16.4. The third-order valence-corrected chi connectivity index (χ3v) is 7.96. The molecule has 0 N–H and O–H groups in total. The summed E-state index contributed by atoms with van der Waals surface area (Å²) in [5.41, 5.74) is 7.86. The predicted octanol–water partition coefficient (Wildman–Crippen LogP) is 7.38.